The van der Waals surface area contributed by atoms with Crippen molar-refractivity contribution in [2.75, 3.05) is 0 Å². The molecule has 1 aliphatic rings. The highest BCUT2D eigenvalue weighted by Crippen LogP contribution is 2.33. The molecule has 1 aromatic heterocycles. The van der Waals surface area contributed by atoms with Gasteiger partial charge in [0.15, 0.2) is 0 Å². The average molecular weight is 292 g/mol. The van der Waals surface area contributed by atoms with E-state index in [0.717, 1.165) is 17.0 Å². The number of aryl methyl sites for hydroxylation is 2. The maximum Gasteiger partial charge on any atom is 0.0438 e. The summed E-state index contributed by atoms with van der Waals surface area (Å²) in [7, 11) is 0. The van der Waals surface area contributed by atoms with Crippen LogP contribution >= 0.6 is 22.9 Å². The van der Waals surface area contributed by atoms with E-state index >= 15 is 0 Å². The predicted molar refractivity (Wildman–Crippen MR) is 83.0 cm³/mol. The monoisotopic (exact) mass is 291 g/mol. The summed E-state index contributed by atoms with van der Waals surface area (Å²) < 4.78 is 0. The van der Waals surface area contributed by atoms with Gasteiger partial charge in [-0.2, -0.15) is 0 Å². The molecular formula is C16H18ClNS. The van der Waals surface area contributed by atoms with Crippen LogP contribution in [0, 0.1) is 0 Å². The first-order chi connectivity index (χ1) is 9.24. The molecule has 0 amide bonds. The molecule has 1 unspecified atom stereocenters. The zero-order chi connectivity index (χ0) is 13.2. The minimum atomic E-state index is 0.0653. The molecule has 0 aliphatic heterocycles. The highest BCUT2D eigenvalue weighted by Gasteiger charge is 2.17. The highest BCUT2D eigenvalue weighted by atomic mass is 35.5. The van der Waals surface area contributed by atoms with Gasteiger partial charge in [-0.3, -0.25) is 0 Å². The Hall–Kier alpha value is -0.830. The lowest BCUT2D eigenvalue weighted by molar-refractivity contribution is 0.695. The molecule has 0 bridgehead atoms. The number of fused-ring (bicyclic) bond motifs is 1. The van der Waals surface area contributed by atoms with E-state index in [-0.39, 0.29) is 6.04 Å². The second-order valence-electron chi connectivity index (χ2n) is 5.21. The number of hydrogen-bond acceptors (Lipinski definition) is 2. The highest BCUT2D eigenvalue weighted by molar-refractivity contribution is 7.12. The number of nitrogens with two attached hydrogens (primary N) is 1. The second kappa shape index (κ2) is 5.66. The number of rotatable bonds is 3. The number of benzene rings is 1. The maximum absolute atomic E-state index is 6.36. The van der Waals surface area contributed by atoms with Crippen molar-refractivity contribution in [2.24, 2.45) is 5.73 Å². The molecule has 0 spiro atoms. The fourth-order valence-corrected chi connectivity index (χ4v) is 4.17. The lowest BCUT2D eigenvalue weighted by Crippen LogP contribution is -2.12. The molecule has 3 heteroatoms. The zero-order valence-corrected chi connectivity index (χ0v) is 12.4. The van der Waals surface area contributed by atoms with E-state index in [1.54, 1.807) is 4.88 Å². The molecule has 1 heterocycles. The van der Waals surface area contributed by atoms with Gasteiger partial charge in [0.1, 0.15) is 0 Å². The molecule has 0 radical (unpaired) electrons. The van der Waals surface area contributed by atoms with Gasteiger partial charge in [-0.1, -0.05) is 29.8 Å². The van der Waals surface area contributed by atoms with Crippen LogP contribution in [-0.4, -0.2) is 0 Å². The predicted octanol–water partition coefficient (Wildman–Crippen LogP) is 4.52. The first kappa shape index (κ1) is 13.2. The van der Waals surface area contributed by atoms with Crippen LogP contribution in [0.5, 0.6) is 0 Å². The van der Waals surface area contributed by atoms with Crippen molar-refractivity contribution in [1.29, 1.82) is 0 Å². The molecule has 0 fully saturated rings. The van der Waals surface area contributed by atoms with Crippen LogP contribution in [0.25, 0.3) is 0 Å². The van der Waals surface area contributed by atoms with Gasteiger partial charge in [0.2, 0.25) is 0 Å². The molecule has 0 saturated heterocycles. The van der Waals surface area contributed by atoms with Crippen molar-refractivity contribution in [2.45, 2.75) is 38.1 Å². The van der Waals surface area contributed by atoms with E-state index in [4.69, 9.17) is 17.3 Å². The van der Waals surface area contributed by atoms with Crippen LogP contribution in [0.3, 0.4) is 0 Å². The summed E-state index contributed by atoms with van der Waals surface area (Å²) >= 11 is 8.11. The molecule has 1 aliphatic carbocycles. The van der Waals surface area contributed by atoms with E-state index < -0.39 is 0 Å². The molecule has 100 valence electrons. The normalized spacial score (nSPS) is 16.1. The van der Waals surface area contributed by atoms with E-state index in [9.17, 15) is 0 Å². The third-order valence-electron chi connectivity index (χ3n) is 3.78. The Morgan fingerprint density at radius 2 is 2.00 bits per heavy atom. The van der Waals surface area contributed by atoms with Crippen LogP contribution in [0.15, 0.2) is 30.3 Å². The molecule has 2 N–H and O–H groups in total. The van der Waals surface area contributed by atoms with Crippen molar-refractivity contribution in [3.8, 4) is 0 Å². The van der Waals surface area contributed by atoms with Crippen molar-refractivity contribution in [3.63, 3.8) is 0 Å². The number of halogens is 1. The summed E-state index contributed by atoms with van der Waals surface area (Å²) in [5.74, 6) is 0. The van der Waals surface area contributed by atoms with Gasteiger partial charge < -0.3 is 5.73 Å². The van der Waals surface area contributed by atoms with Crippen LogP contribution in [0.1, 0.15) is 39.8 Å². The minimum absolute atomic E-state index is 0.0653. The van der Waals surface area contributed by atoms with Gasteiger partial charge in [0, 0.05) is 20.8 Å². The molecule has 19 heavy (non-hydrogen) atoms. The Bertz CT molecular complexity index is 552. The lowest BCUT2D eigenvalue weighted by Gasteiger charge is -2.10. The summed E-state index contributed by atoms with van der Waals surface area (Å²) in [5, 5.41) is 0.819. The summed E-state index contributed by atoms with van der Waals surface area (Å²) in [6.45, 7) is 0. The van der Waals surface area contributed by atoms with Gasteiger partial charge in [-0.25, -0.2) is 0 Å². The number of hydrogen-bond donors (Lipinski definition) is 1. The fraction of sp³-hybridized carbons (Fsp3) is 0.375. The molecule has 2 aromatic rings. The van der Waals surface area contributed by atoms with Gasteiger partial charge in [0.05, 0.1) is 0 Å². The smallest absolute Gasteiger partial charge is 0.0438 e. The summed E-state index contributed by atoms with van der Waals surface area (Å²) in [4.78, 5) is 2.86. The minimum Gasteiger partial charge on any atom is -0.323 e. The first-order valence-corrected chi connectivity index (χ1v) is 8.04. The van der Waals surface area contributed by atoms with Crippen molar-refractivity contribution in [1.82, 2.24) is 0 Å². The zero-order valence-electron chi connectivity index (χ0n) is 10.9. The SMILES string of the molecule is NC(Cc1ccccc1Cl)c1cc2c(s1)CCCC2. The lowest BCUT2D eigenvalue weighted by atomic mass is 9.98. The Balaban J connectivity index is 1.79. The Morgan fingerprint density at radius 1 is 1.21 bits per heavy atom. The van der Waals surface area contributed by atoms with Crippen molar-refractivity contribution >= 4 is 22.9 Å². The summed E-state index contributed by atoms with van der Waals surface area (Å²) in [6, 6.07) is 10.4. The molecule has 1 nitrogen and oxygen atoms in total. The van der Waals surface area contributed by atoms with Crippen molar-refractivity contribution in [3.05, 3.63) is 56.2 Å². The maximum atomic E-state index is 6.36. The van der Waals surface area contributed by atoms with Crippen LogP contribution in [0.4, 0.5) is 0 Å². The van der Waals surface area contributed by atoms with E-state index in [0.29, 0.717) is 0 Å². The first-order valence-electron chi connectivity index (χ1n) is 6.84. The summed E-state index contributed by atoms with van der Waals surface area (Å²) in [6.07, 6.45) is 5.93. The van der Waals surface area contributed by atoms with Gasteiger partial charge >= 0.3 is 0 Å². The van der Waals surface area contributed by atoms with Crippen LogP contribution in [-0.2, 0) is 19.3 Å². The van der Waals surface area contributed by atoms with Crippen LogP contribution < -0.4 is 5.73 Å². The topological polar surface area (TPSA) is 26.0 Å². The number of thiophene rings is 1. The third-order valence-corrected chi connectivity index (χ3v) is 5.52. The van der Waals surface area contributed by atoms with E-state index in [1.165, 1.54) is 36.1 Å². The Morgan fingerprint density at radius 3 is 2.79 bits per heavy atom. The standard InChI is InChI=1S/C16H18ClNS/c17-13-7-3-1-5-11(13)9-14(18)16-10-12-6-2-4-8-15(12)19-16/h1,3,5,7,10,14H,2,4,6,8-9,18H2. The van der Waals surface area contributed by atoms with E-state index in [1.807, 2.05) is 29.5 Å². The van der Waals surface area contributed by atoms with E-state index in [2.05, 4.69) is 12.1 Å². The molecule has 1 atom stereocenters. The summed E-state index contributed by atoms with van der Waals surface area (Å²) in [5.41, 5.74) is 9.03. The van der Waals surface area contributed by atoms with Gasteiger partial charge in [-0.15, -0.1) is 11.3 Å². The third kappa shape index (κ3) is 2.86. The molecule has 0 saturated carbocycles. The van der Waals surface area contributed by atoms with Crippen molar-refractivity contribution < 1.29 is 0 Å². The van der Waals surface area contributed by atoms with Crippen LogP contribution in [0.2, 0.25) is 5.02 Å². The quantitative estimate of drug-likeness (QED) is 0.884. The van der Waals surface area contributed by atoms with Gasteiger partial charge in [-0.05, 0) is 55.4 Å². The molecule has 3 rings (SSSR count). The largest absolute Gasteiger partial charge is 0.323 e. The fourth-order valence-electron chi connectivity index (χ4n) is 2.70. The Labute approximate surface area is 123 Å². The average Bonchev–Trinajstić information content (AvgIpc) is 2.85. The second-order valence-corrected chi connectivity index (χ2v) is 6.78. The van der Waals surface area contributed by atoms with Gasteiger partial charge in [0.25, 0.3) is 0 Å². The molecule has 1 aromatic carbocycles. The Kier molecular flexibility index (Phi) is 3.92. The molecular weight excluding hydrogens is 274 g/mol.